The van der Waals surface area contributed by atoms with E-state index in [2.05, 4.69) is 12.1 Å². The first-order chi connectivity index (χ1) is 8.25. The quantitative estimate of drug-likeness (QED) is 0.849. The second-order valence-electron chi connectivity index (χ2n) is 6.14. The highest BCUT2D eigenvalue weighted by Crippen LogP contribution is 2.71. The van der Waals surface area contributed by atoms with Crippen molar-refractivity contribution in [2.75, 3.05) is 0 Å². The van der Waals surface area contributed by atoms with E-state index in [1.807, 2.05) is 12.1 Å². The van der Waals surface area contributed by atoms with Gasteiger partial charge >= 0.3 is 0 Å². The molecule has 2 heteroatoms. The van der Waals surface area contributed by atoms with E-state index in [-0.39, 0.29) is 6.04 Å². The maximum atomic E-state index is 6.45. The molecule has 1 aromatic carbocycles. The van der Waals surface area contributed by atoms with Crippen LogP contribution in [0.4, 0.5) is 0 Å². The van der Waals surface area contributed by atoms with Gasteiger partial charge in [-0.25, -0.2) is 0 Å². The minimum Gasteiger partial charge on any atom is -0.324 e. The van der Waals surface area contributed by atoms with E-state index in [4.69, 9.17) is 17.3 Å². The Morgan fingerprint density at radius 3 is 2.24 bits per heavy atom. The minimum absolute atomic E-state index is 0.241. The first-order valence-electron chi connectivity index (χ1n) is 6.77. The minimum atomic E-state index is 0.241. The van der Waals surface area contributed by atoms with Crippen LogP contribution in [0.25, 0.3) is 0 Å². The summed E-state index contributed by atoms with van der Waals surface area (Å²) in [6.07, 6.45) is 4.44. The summed E-state index contributed by atoms with van der Waals surface area (Å²) in [6, 6.07) is 8.37. The molecule has 4 rings (SSSR count). The monoisotopic (exact) mass is 247 g/mol. The number of nitrogens with two attached hydrogens (primary N) is 1. The standard InChI is InChI=1S/C15H18ClN/c16-11-5-3-8(4-6-11)15(17)14-12-9-1-2-10(7-9)13(12)14/h3-6,9-10,12-15H,1-2,7,17H2. The largest absolute Gasteiger partial charge is 0.324 e. The van der Waals surface area contributed by atoms with Crippen LogP contribution in [-0.2, 0) is 0 Å². The van der Waals surface area contributed by atoms with Crippen molar-refractivity contribution in [3.05, 3.63) is 34.9 Å². The number of hydrogen-bond acceptors (Lipinski definition) is 1. The molecule has 0 amide bonds. The Morgan fingerprint density at radius 1 is 1.06 bits per heavy atom. The molecule has 3 fully saturated rings. The zero-order chi connectivity index (χ0) is 11.6. The van der Waals surface area contributed by atoms with Crippen LogP contribution in [0.15, 0.2) is 24.3 Å². The molecular formula is C15H18ClN. The van der Waals surface area contributed by atoms with E-state index in [9.17, 15) is 0 Å². The highest BCUT2D eigenvalue weighted by molar-refractivity contribution is 6.30. The predicted molar refractivity (Wildman–Crippen MR) is 69.7 cm³/mol. The lowest BCUT2D eigenvalue weighted by Crippen LogP contribution is -2.17. The average Bonchev–Trinajstić information content (AvgIpc) is 2.77. The van der Waals surface area contributed by atoms with Gasteiger partial charge in [0.2, 0.25) is 0 Å². The molecule has 1 nitrogen and oxygen atoms in total. The van der Waals surface area contributed by atoms with Crippen LogP contribution < -0.4 is 5.73 Å². The molecule has 90 valence electrons. The number of fused-ring (bicyclic) bond motifs is 5. The average molecular weight is 248 g/mol. The van der Waals surface area contributed by atoms with Gasteiger partial charge in [-0.1, -0.05) is 23.7 Å². The molecule has 3 saturated carbocycles. The number of hydrogen-bond donors (Lipinski definition) is 1. The maximum Gasteiger partial charge on any atom is 0.0406 e. The first kappa shape index (κ1) is 10.4. The smallest absolute Gasteiger partial charge is 0.0406 e. The van der Waals surface area contributed by atoms with Gasteiger partial charge in [0, 0.05) is 11.1 Å². The van der Waals surface area contributed by atoms with Gasteiger partial charge in [-0.15, -0.1) is 0 Å². The molecular weight excluding hydrogens is 230 g/mol. The van der Waals surface area contributed by atoms with Crippen molar-refractivity contribution in [2.24, 2.45) is 35.3 Å². The first-order valence-corrected chi connectivity index (χ1v) is 7.14. The summed E-state index contributed by atoms with van der Waals surface area (Å²) in [5, 5.41) is 0.803. The van der Waals surface area contributed by atoms with Crippen LogP contribution in [0.3, 0.4) is 0 Å². The molecule has 5 atom stereocenters. The molecule has 0 saturated heterocycles. The Balaban J connectivity index is 1.55. The lowest BCUT2D eigenvalue weighted by atomic mass is 9.94. The molecule has 5 unspecified atom stereocenters. The third kappa shape index (κ3) is 1.42. The maximum absolute atomic E-state index is 6.45. The molecule has 0 aromatic heterocycles. The number of benzene rings is 1. The summed E-state index contributed by atoms with van der Waals surface area (Å²) < 4.78 is 0. The molecule has 3 aliphatic carbocycles. The van der Waals surface area contributed by atoms with Crippen molar-refractivity contribution in [1.29, 1.82) is 0 Å². The van der Waals surface area contributed by atoms with Crippen LogP contribution in [0.1, 0.15) is 30.9 Å². The second-order valence-corrected chi connectivity index (χ2v) is 6.58. The Kier molecular flexibility index (Phi) is 2.13. The van der Waals surface area contributed by atoms with Crippen LogP contribution >= 0.6 is 11.6 Å². The molecule has 0 spiro atoms. The van der Waals surface area contributed by atoms with Gasteiger partial charge in [-0.3, -0.25) is 0 Å². The van der Waals surface area contributed by atoms with Crippen LogP contribution in [0.2, 0.25) is 5.02 Å². The van der Waals surface area contributed by atoms with Crippen LogP contribution in [0, 0.1) is 29.6 Å². The van der Waals surface area contributed by atoms with Crippen molar-refractivity contribution in [2.45, 2.75) is 25.3 Å². The fourth-order valence-electron chi connectivity index (χ4n) is 4.78. The van der Waals surface area contributed by atoms with Crippen molar-refractivity contribution in [3.8, 4) is 0 Å². The van der Waals surface area contributed by atoms with Gasteiger partial charge < -0.3 is 5.73 Å². The normalized spacial score (nSPS) is 43.5. The lowest BCUT2D eigenvalue weighted by Gasteiger charge is -2.16. The number of rotatable bonds is 2. The van der Waals surface area contributed by atoms with Gasteiger partial charge in [0.25, 0.3) is 0 Å². The van der Waals surface area contributed by atoms with Crippen molar-refractivity contribution in [3.63, 3.8) is 0 Å². The Bertz CT molecular complexity index is 425. The molecule has 3 aliphatic rings. The summed E-state index contributed by atoms with van der Waals surface area (Å²) in [7, 11) is 0. The Morgan fingerprint density at radius 2 is 1.65 bits per heavy atom. The fraction of sp³-hybridized carbons (Fsp3) is 0.600. The Hall–Kier alpha value is -0.530. The van der Waals surface area contributed by atoms with E-state index in [0.29, 0.717) is 0 Å². The Labute approximate surface area is 107 Å². The zero-order valence-electron chi connectivity index (χ0n) is 9.85. The molecule has 0 heterocycles. The molecule has 17 heavy (non-hydrogen) atoms. The molecule has 2 N–H and O–H groups in total. The van der Waals surface area contributed by atoms with E-state index < -0.39 is 0 Å². The molecule has 2 bridgehead atoms. The summed E-state index contributed by atoms with van der Waals surface area (Å²) in [4.78, 5) is 0. The summed E-state index contributed by atoms with van der Waals surface area (Å²) in [5.41, 5.74) is 7.72. The highest BCUT2D eigenvalue weighted by Gasteiger charge is 2.66. The lowest BCUT2D eigenvalue weighted by molar-refractivity contribution is 0.417. The zero-order valence-corrected chi connectivity index (χ0v) is 10.6. The van der Waals surface area contributed by atoms with E-state index in [1.54, 1.807) is 0 Å². The van der Waals surface area contributed by atoms with Crippen molar-refractivity contribution < 1.29 is 0 Å². The van der Waals surface area contributed by atoms with Gasteiger partial charge in [-0.2, -0.15) is 0 Å². The van der Waals surface area contributed by atoms with Gasteiger partial charge in [-0.05, 0) is 66.5 Å². The third-order valence-corrected chi connectivity index (χ3v) is 5.72. The van der Waals surface area contributed by atoms with E-state index >= 15 is 0 Å². The van der Waals surface area contributed by atoms with Crippen molar-refractivity contribution in [1.82, 2.24) is 0 Å². The van der Waals surface area contributed by atoms with Crippen molar-refractivity contribution >= 4 is 11.6 Å². The molecule has 0 radical (unpaired) electrons. The molecule has 0 aliphatic heterocycles. The summed E-state index contributed by atoms with van der Waals surface area (Å²) in [6.45, 7) is 0. The third-order valence-electron chi connectivity index (χ3n) is 5.46. The van der Waals surface area contributed by atoms with Gasteiger partial charge in [0.15, 0.2) is 0 Å². The summed E-state index contributed by atoms with van der Waals surface area (Å²) >= 11 is 5.92. The predicted octanol–water partition coefficient (Wildman–Crippen LogP) is 3.63. The van der Waals surface area contributed by atoms with Gasteiger partial charge in [0.1, 0.15) is 0 Å². The highest BCUT2D eigenvalue weighted by atomic mass is 35.5. The van der Waals surface area contributed by atoms with E-state index in [0.717, 1.165) is 34.6 Å². The van der Waals surface area contributed by atoms with Gasteiger partial charge in [0.05, 0.1) is 0 Å². The fourth-order valence-corrected chi connectivity index (χ4v) is 4.91. The topological polar surface area (TPSA) is 26.0 Å². The second kappa shape index (κ2) is 3.49. The number of halogens is 1. The van der Waals surface area contributed by atoms with E-state index in [1.165, 1.54) is 24.8 Å². The summed E-state index contributed by atoms with van der Waals surface area (Å²) in [5.74, 6) is 4.70. The van der Waals surface area contributed by atoms with Crippen LogP contribution in [0.5, 0.6) is 0 Å². The van der Waals surface area contributed by atoms with Crippen LogP contribution in [-0.4, -0.2) is 0 Å². The SMILES string of the molecule is NC(c1ccc(Cl)cc1)C1C2C3CCC(C3)C21. The molecule has 1 aromatic rings.